The van der Waals surface area contributed by atoms with Crippen LogP contribution in [0.2, 0.25) is 0 Å². The van der Waals surface area contributed by atoms with Crippen molar-refractivity contribution in [2.45, 2.75) is 43.7 Å². The van der Waals surface area contributed by atoms with E-state index in [0.717, 1.165) is 33.0 Å². The van der Waals surface area contributed by atoms with Crippen LogP contribution in [0.5, 0.6) is 0 Å². The van der Waals surface area contributed by atoms with Crippen molar-refractivity contribution in [1.29, 1.82) is 0 Å². The first-order chi connectivity index (χ1) is 24.0. The molecule has 0 saturated heterocycles. The smallest absolute Gasteiger partial charge is 0.327 e. The molecule has 7 rings (SSSR count). The Balaban J connectivity index is 1.44. The van der Waals surface area contributed by atoms with Crippen molar-refractivity contribution in [1.82, 2.24) is 5.32 Å². The third-order valence-electron chi connectivity index (χ3n) is 9.78. The molecule has 1 unspecified atom stereocenters. The van der Waals surface area contributed by atoms with Crippen molar-refractivity contribution >= 4 is 28.3 Å². The number of anilines is 1. The number of hydrogen-bond acceptors (Lipinski definition) is 4. The van der Waals surface area contributed by atoms with Crippen LogP contribution >= 0.6 is 0 Å². The maximum absolute atomic E-state index is 15.4. The summed E-state index contributed by atoms with van der Waals surface area (Å²) in [6, 6.07) is 50.1. The van der Waals surface area contributed by atoms with Gasteiger partial charge in [-0.3, -0.25) is 14.9 Å². The summed E-state index contributed by atoms with van der Waals surface area (Å²) >= 11 is 0. The van der Waals surface area contributed by atoms with Crippen molar-refractivity contribution in [2.24, 2.45) is 0 Å². The van der Waals surface area contributed by atoms with Crippen molar-refractivity contribution in [3.63, 3.8) is 0 Å². The number of aliphatic carboxylic acids is 1. The summed E-state index contributed by atoms with van der Waals surface area (Å²) in [5.74, 6) is -1.59. The highest BCUT2D eigenvalue weighted by Crippen LogP contribution is 2.52. The van der Waals surface area contributed by atoms with E-state index in [-0.39, 0.29) is 19.6 Å². The van der Waals surface area contributed by atoms with Gasteiger partial charge in [-0.05, 0) is 45.5 Å². The highest BCUT2D eigenvalue weighted by atomic mass is 16.5. The van der Waals surface area contributed by atoms with E-state index in [0.29, 0.717) is 11.3 Å². The number of carbonyl (C=O) groups excluding carboxylic acids is 1. The highest BCUT2D eigenvalue weighted by molar-refractivity contribution is 6.11. The summed E-state index contributed by atoms with van der Waals surface area (Å²) in [6.45, 7) is 2.09. The summed E-state index contributed by atoms with van der Waals surface area (Å²) < 4.78 is 7.05. The van der Waals surface area contributed by atoms with E-state index in [1.54, 1.807) is 4.90 Å². The normalized spacial score (nSPS) is 16.9. The molecule has 0 radical (unpaired) electrons. The predicted octanol–water partition coefficient (Wildman–Crippen LogP) is 8.41. The van der Waals surface area contributed by atoms with Gasteiger partial charge in [0.2, 0.25) is 5.60 Å². The Morgan fingerprint density at radius 3 is 1.98 bits per heavy atom. The number of carbonyl (C=O) groups is 2. The van der Waals surface area contributed by atoms with Gasteiger partial charge in [0.25, 0.3) is 5.91 Å². The zero-order valence-corrected chi connectivity index (χ0v) is 27.3. The molecule has 6 nitrogen and oxygen atoms in total. The van der Waals surface area contributed by atoms with E-state index in [2.05, 4.69) is 5.32 Å². The van der Waals surface area contributed by atoms with Gasteiger partial charge >= 0.3 is 5.97 Å². The number of nitrogens with zero attached hydrogens (tertiary/aromatic N) is 1. The number of para-hydroxylation sites is 1. The quantitative estimate of drug-likeness (QED) is 0.140. The third kappa shape index (κ3) is 5.59. The first kappa shape index (κ1) is 32.0. The highest BCUT2D eigenvalue weighted by Gasteiger charge is 2.68. The van der Waals surface area contributed by atoms with Gasteiger partial charge in [0.1, 0.15) is 0 Å². The molecule has 1 aliphatic rings. The fourth-order valence-electron chi connectivity index (χ4n) is 7.34. The number of carboxylic acids is 1. The lowest BCUT2D eigenvalue weighted by Crippen LogP contribution is -2.70. The van der Waals surface area contributed by atoms with E-state index in [1.165, 1.54) is 0 Å². The Bertz CT molecular complexity index is 2040. The van der Waals surface area contributed by atoms with Gasteiger partial charge in [-0.25, -0.2) is 0 Å². The van der Waals surface area contributed by atoms with Crippen LogP contribution in [0, 0.1) is 0 Å². The summed E-state index contributed by atoms with van der Waals surface area (Å²) in [5, 5.41) is 17.2. The van der Waals surface area contributed by atoms with Crippen LogP contribution in [0.1, 0.15) is 47.2 Å². The second kappa shape index (κ2) is 13.5. The maximum atomic E-state index is 15.4. The van der Waals surface area contributed by atoms with E-state index >= 15 is 4.79 Å². The van der Waals surface area contributed by atoms with Crippen LogP contribution in [0.25, 0.3) is 10.8 Å². The standard InChI is InChI=1S/C43H38N2O4/c1-2-42(41(47)48,44-39(33-20-8-4-9-21-33)34-22-10-5-11-23-34)43(49-30-35-25-16-24-32-19-12-13-26-36(32)35)37-27-14-15-28-38(37)45(40(43)46)29-31-17-6-3-7-18-31/h3-28,39,44H,2,29-30H2,1H3,(H,47,48)/t42-,43?/m0/s1. The molecular formula is C43H38N2O4. The largest absolute Gasteiger partial charge is 0.480 e. The van der Waals surface area contributed by atoms with Gasteiger partial charge in [0.15, 0.2) is 5.54 Å². The Labute approximate surface area is 286 Å². The number of amides is 1. The maximum Gasteiger partial charge on any atom is 0.327 e. The number of nitrogens with one attached hydrogen (secondary N) is 1. The molecule has 49 heavy (non-hydrogen) atoms. The Hall–Kier alpha value is -5.56. The molecule has 0 fully saturated rings. The average molecular weight is 647 g/mol. The van der Waals surface area contributed by atoms with E-state index < -0.39 is 29.1 Å². The van der Waals surface area contributed by atoms with Gasteiger partial charge in [0, 0.05) is 5.56 Å². The SMILES string of the molecule is CC[C@](NC(c1ccccc1)c1ccccc1)(C(=O)O)C1(OCc2cccc3ccccc23)C(=O)N(Cc2ccccc2)c2ccccc21. The summed E-state index contributed by atoms with van der Waals surface area (Å²) in [5.41, 5.74) is 0.826. The number of carboxylic acid groups (broad SMARTS) is 1. The topological polar surface area (TPSA) is 78.9 Å². The van der Waals surface area contributed by atoms with Crippen molar-refractivity contribution in [3.8, 4) is 0 Å². The lowest BCUT2D eigenvalue weighted by atomic mass is 9.72. The number of benzene rings is 6. The molecule has 1 amide bonds. The molecule has 6 aromatic rings. The first-order valence-electron chi connectivity index (χ1n) is 16.7. The Morgan fingerprint density at radius 2 is 1.33 bits per heavy atom. The summed E-state index contributed by atoms with van der Waals surface area (Å²) in [4.78, 5) is 31.3. The Morgan fingerprint density at radius 1 is 0.755 bits per heavy atom. The zero-order valence-electron chi connectivity index (χ0n) is 27.3. The first-order valence-corrected chi connectivity index (χ1v) is 16.7. The van der Waals surface area contributed by atoms with Crippen molar-refractivity contribution in [2.75, 3.05) is 4.90 Å². The molecule has 2 N–H and O–H groups in total. The summed E-state index contributed by atoms with van der Waals surface area (Å²) in [6.07, 6.45) is 0.0489. The van der Waals surface area contributed by atoms with Gasteiger partial charge < -0.3 is 14.7 Å². The van der Waals surface area contributed by atoms with Gasteiger partial charge in [-0.15, -0.1) is 0 Å². The van der Waals surface area contributed by atoms with E-state index in [4.69, 9.17) is 4.74 Å². The fraction of sp³-hybridized carbons (Fsp3) is 0.163. The minimum Gasteiger partial charge on any atom is -0.480 e. The molecule has 0 bridgehead atoms. The van der Waals surface area contributed by atoms with Crippen LogP contribution in [-0.4, -0.2) is 22.5 Å². The zero-order chi connectivity index (χ0) is 33.8. The second-order valence-electron chi connectivity index (χ2n) is 12.5. The molecule has 6 aromatic carbocycles. The van der Waals surface area contributed by atoms with E-state index in [9.17, 15) is 9.90 Å². The molecule has 6 heteroatoms. The molecule has 1 aliphatic heterocycles. The second-order valence-corrected chi connectivity index (χ2v) is 12.5. The van der Waals surface area contributed by atoms with Crippen LogP contribution in [-0.2, 0) is 33.1 Å². The van der Waals surface area contributed by atoms with Crippen LogP contribution in [0.4, 0.5) is 5.69 Å². The van der Waals surface area contributed by atoms with Crippen molar-refractivity contribution < 1.29 is 19.4 Å². The minimum absolute atomic E-state index is 0.0126. The molecule has 1 heterocycles. The lowest BCUT2D eigenvalue weighted by Gasteiger charge is -2.46. The fourth-order valence-corrected chi connectivity index (χ4v) is 7.34. The number of rotatable bonds is 12. The third-order valence-corrected chi connectivity index (χ3v) is 9.78. The molecule has 0 saturated carbocycles. The number of ether oxygens (including phenoxy) is 1. The molecule has 2 atom stereocenters. The molecule has 0 spiro atoms. The molecule has 0 aliphatic carbocycles. The number of hydrogen-bond donors (Lipinski definition) is 2. The molecule has 244 valence electrons. The van der Waals surface area contributed by atoms with Crippen LogP contribution in [0.3, 0.4) is 0 Å². The lowest BCUT2D eigenvalue weighted by molar-refractivity contribution is -0.181. The average Bonchev–Trinajstić information content (AvgIpc) is 3.39. The Kier molecular flexibility index (Phi) is 8.83. The van der Waals surface area contributed by atoms with Gasteiger partial charge in [-0.2, -0.15) is 0 Å². The van der Waals surface area contributed by atoms with Gasteiger partial charge in [0.05, 0.1) is 24.9 Å². The summed E-state index contributed by atoms with van der Waals surface area (Å²) in [7, 11) is 0. The van der Waals surface area contributed by atoms with Gasteiger partial charge in [-0.1, -0.05) is 159 Å². The number of fused-ring (bicyclic) bond motifs is 2. The molecular weight excluding hydrogens is 608 g/mol. The minimum atomic E-state index is -1.95. The van der Waals surface area contributed by atoms with Crippen molar-refractivity contribution in [3.05, 3.63) is 186 Å². The molecule has 0 aromatic heterocycles. The monoisotopic (exact) mass is 646 g/mol. The van der Waals surface area contributed by atoms with E-state index in [1.807, 2.05) is 165 Å². The predicted molar refractivity (Wildman–Crippen MR) is 193 cm³/mol. The van der Waals surface area contributed by atoms with Crippen LogP contribution < -0.4 is 10.2 Å². The van der Waals surface area contributed by atoms with Crippen LogP contribution in [0.15, 0.2) is 158 Å².